The summed E-state index contributed by atoms with van der Waals surface area (Å²) in [6.45, 7) is 5.53. The molecule has 1 fully saturated rings. The van der Waals surface area contributed by atoms with Crippen molar-refractivity contribution in [3.05, 3.63) is 54.6 Å². The van der Waals surface area contributed by atoms with E-state index in [4.69, 9.17) is 4.74 Å². The zero-order valence-electron chi connectivity index (χ0n) is 13.9. The molecule has 0 radical (unpaired) electrons. The zero-order valence-corrected chi connectivity index (χ0v) is 13.9. The summed E-state index contributed by atoms with van der Waals surface area (Å²) in [5, 5.41) is 11.0. The molecule has 124 valence electrons. The maximum Gasteiger partial charge on any atom is 0.131 e. The molecule has 2 aromatic rings. The lowest BCUT2D eigenvalue weighted by Gasteiger charge is -2.37. The van der Waals surface area contributed by atoms with Gasteiger partial charge in [0.2, 0.25) is 0 Å². The van der Waals surface area contributed by atoms with Crippen LogP contribution in [-0.2, 0) is 4.74 Å². The molecular weight excluding hydrogens is 300 g/mol. The first-order chi connectivity index (χ1) is 11.8. The summed E-state index contributed by atoms with van der Waals surface area (Å²) in [4.78, 5) is 2.43. The monoisotopic (exact) mass is 322 g/mol. The highest BCUT2D eigenvalue weighted by atomic mass is 16.5. The van der Waals surface area contributed by atoms with Crippen LogP contribution in [0.3, 0.4) is 0 Å². The second-order valence-corrected chi connectivity index (χ2v) is 6.24. The van der Waals surface area contributed by atoms with Crippen molar-refractivity contribution in [3.8, 4) is 11.1 Å². The van der Waals surface area contributed by atoms with Crippen LogP contribution in [0.1, 0.15) is 6.92 Å². The van der Waals surface area contributed by atoms with Gasteiger partial charge in [-0.15, -0.1) is 0 Å². The van der Waals surface area contributed by atoms with E-state index in [2.05, 4.69) is 75.7 Å². The molecule has 0 aromatic heterocycles. The molecule has 0 spiro atoms. The quantitative estimate of drug-likeness (QED) is 0.867. The number of nitrogens with zero attached hydrogens (tertiary/aromatic N) is 4. The van der Waals surface area contributed by atoms with Gasteiger partial charge >= 0.3 is 0 Å². The Labute approximate surface area is 142 Å². The van der Waals surface area contributed by atoms with Crippen molar-refractivity contribution in [2.24, 2.45) is 10.3 Å². The summed E-state index contributed by atoms with van der Waals surface area (Å²) in [5.41, 5.74) is 3.49. The topological polar surface area (TPSA) is 40.4 Å². The standard InChI is InChI=1S/C19H22N4O/c1-15-19(22-11-13-24-14-12-22)23(21-20-15)18-10-6-5-9-17(18)16-7-3-2-4-8-16/h2-10,15,19H,11-14H2,1H3/t15-,19+/m0/s1. The Balaban J connectivity index is 1.71. The van der Waals surface area contributed by atoms with Crippen LogP contribution in [0.4, 0.5) is 5.69 Å². The molecule has 4 rings (SSSR count). The van der Waals surface area contributed by atoms with Gasteiger partial charge in [-0.05, 0) is 18.6 Å². The van der Waals surface area contributed by atoms with Crippen LogP contribution in [0.25, 0.3) is 11.1 Å². The van der Waals surface area contributed by atoms with Crippen LogP contribution in [0, 0.1) is 0 Å². The molecule has 5 nitrogen and oxygen atoms in total. The van der Waals surface area contributed by atoms with Crippen molar-refractivity contribution in [1.82, 2.24) is 4.90 Å². The Morgan fingerprint density at radius 1 is 0.958 bits per heavy atom. The Hall–Kier alpha value is -2.24. The Morgan fingerprint density at radius 3 is 2.46 bits per heavy atom. The minimum Gasteiger partial charge on any atom is -0.379 e. The molecule has 1 saturated heterocycles. The molecule has 0 aliphatic carbocycles. The van der Waals surface area contributed by atoms with E-state index in [1.165, 1.54) is 11.1 Å². The number of anilines is 1. The molecular formula is C19H22N4O. The highest BCUT2D eigenvalue weighted by Gasteiger charge is 2.37. The lowest BCUT2D eigenvalue weighted by molar-refractivity contribution is 0.0153. The van der Waals surface area contributed by atoms with Gasteiger partial charge in [0.25, 0.3) is 0 Å². The lowest BCUT2D eigenvalue weighted by atomic mass is 10.0. The number of benzene rings is 2. The van der Waals surface area contributed by atoms with E-state index in [-0.39, 0.29) is 12.2 Å². The van der Waals surface area contributed by atoms with Gasteiger partial charge in [-0.3, -0.25) is 4.90 Å². The summed E-state index contributed by atoms with van der Waals surface area (Å²) in [5.74, 6) is 0. The summed E-state index contributed by atoms with van der Waals surface area (Å²) in [7, 11) is 0. The normalized spacial score (nSPS) is 24.5. The number of morpholine rings is 1. The minimum atomic E-state index is 0.145. The summed E-state index contributed by atoms with van der Waals surface area (Å²) >= 11 is 0. The third kappa shape index (κ3) is 2.81. The Kier molecular flexibility index (Phi) is 4.28. The van der Waals surface area contributed by atoms with E-state index in [0.29, 0.717) is 0 Å². The summed E-state index contributed by atoms with van der Waals surface area (Å²) in [6.07, 6.45) is 0.152. The van der Waals surface area contributed by atoms with Gasteiger partial charge in [0.05, 0.1) is 18.9 Å². The predicted molar refractivity (Wildman–Crippen MR) is 94.9 cm³/mol. The smallest absolute Gasteiger partial charge is 0.131 e. The van der Waals surface area contributed by atoms with E-state index < -0.39 is 0 Å². The van der Waals surface area contributed by atoms with Crippen LogP contribution in [0.5, 0.6) is 0 Å². The Bertz CT molecular complexity index is 712. The summed E-state index contributed by atoms with van der Waals surface area (Å²) < 4.78 is 5.51. The molecule has 5 heteroatoms. The molecule has 2 heterocycles. The van der Waals surface area contributed by atoms with Crippen LogP contribution in [0.15, 0.2) is 64.9 Å². The second kappa shape index (κ2) is 6.71. The molecule has 2 atom stereocenters. The SMILES string of the molecule is C[C@@H]1N=NN(c2ccccc2-c2ccccc2)[C@H]1N1CCOCC1. The van der Waals surface area contributed by atoms with E-state index >= 15 is 0 Å². The van der Waals surface area contributed by atoms with Gasteiger partial charge in [0.15, 0.2) is 0 Å². The second-order valence-electron chi connectivity index (χ2n) is 6.24. The van der Waals surface area contributed by atoms with Crippen LogP contribution < -0.4 is 5.01 Å². The van der Waals surface area contributed by atoms with Gasteiger partial charge in [-0.25, -0.2) is 5.01 Å². The maximum atomic E-state index is 5.51. The number of hydrogen-bond donors (Lipinski definition) is 0. The van der Waals surface area contributed by atoms with E-state index in [0.717, 1.165) is 32.0 Å². The first-order valence-corrected chi connectivity index (χ1v) is 8.51. The highest BCUT2D eigenvalue weighted by molar-refractivity contribution is 5.78. The summed E-state index contributed by atoms with van der Waals surface area (Å²) in [6, 6.07) is 19.0. The molecule has 2 aromatic carbocycles. The fourth-order valence-electron chi connectivity index (χ4n) is 3.48. The third-order valence-corrected chi connectivity index (χ3v) is 4.67. The van der Waals surface area contributed by atoms with E-state index in [9.17, 15) is 0 Å². The van der Waals surface area contributed by atoms with Crippen molar-refractivity contribution >= 4 is 5.69 Å². The number of para-hydroxylation sites is 1. The number of hydrogen-bond acceptors (Lipinski definition) is 5. The zero-order chi connectivity index (χ0) is 16.4. The largest absolute Gasteiger partial charge is 0.379 e. The fourth-order valence-corrected chi connectivity index (χ4v) is 3.48. The third-order valence-electron chi connectivity index (χ3n) is 4.67. The minimum absolute atomic E-state index is 0.145. The molecule has 0 N–H and O–H groups in total. The van der Waals surface area contributed by atoms with Crippen LogP contribution >= 0.6 is 0 Å². The van der Waals surface area contributed by atoms with Crippen molar-refractivity contribution < 1.29 is 4.74 Å². The van der Waals surface area contributed by atoms with Crippen LogP contribution in [-0.4, -0.2) is 43.4 Å². The molecule has 0 unspecified atom stereocenters. The van der Waals surface area contributed by atoms with Crippen molar-refractivity contribution in [3.63, 3.8) is 0 Å². The van der Waals surface area contributed by atoms with Gasteiger partial charge in [-0.2, -0.15) is 5.11 Å². The van der Waals surface area contributed by atoms with Gasteiger partial charge in [0.1, 0.15) is 12.2 Å². The highest BCUT2D eigenvalue weighted by Crippen LogP contribution is 2.36. The molecule has 2 aliphatic heterocycles. The molecule has 0 bridgehead atoms. The number of ether oxygens (including phenoxy) is 1. The Morgan fingerprint density at radius 2 is 1.67 bits per heavy atom. The van der Waals surface area contributed by atoms with Crippen molar-refractivity contribution in [1.29, 1.82) is 0 Å². The first kappa shape index (κ1) is 15.3. The average Bonchev–Trinajstić information content (AvgIpc) is 3.04. The van der Waals surface area contributed by atoms with Crippen molar-refractivity contribution in [2.75, 3.05) is 31.3 Å². The van der Waals surface area contributed by atoms with Gasteiger partial charge < -0.3 is 4.74 Å². The fraction of sp³-hybridized carbons (Fsp3) is 0.368. The molecule has 24 heavy (non-hydrogen) atoms. The predicted octanol–water partition coefficient (Wildman–Crippen LogP) is 3.59. The lowest BCUT2D eigenvalue weighted by Crippen LogP contribution is -2.53. The van der Waals surface area contributed by atoms with Gasteiger partial charge in [-0.1, -0.05) is 53.8 Å². The molecule has 2 aliphatic rings. The average molecular weight is 322 g/mol. The van der Waals surface area contributed by atoms with Gasteiger partial charge in [0, 0.05) is 18.7 Å². The molecule has 0 amide bonds. The van der Waals surface area contributed by atoms with E-state index in [1.807, 2.05) is 6.07 Å². The van der Waals surface area contributed by atoms with E-state index in [1.54, 1.807) is 0 Å². The van der Waals surface area contributed by atoms with Crippen LogP contribution in [0.2, 0.25) is 0 Å². The number of rotatable bonds is 3. The van der Waals surface area contributed by atoms with Crippen molar-refractivity contribution in [2.45, 2.75) is 19.1 Å². The maximum absolute atomic E-state index is 5.51. The molecule has 0 saturated carbocycles. The first-order valence-electron chi connectivity index (χ1n) is 8.51.